The van der Waals surface area contributed by atoms with Crippen LogP contribution in [-0.2, 0) is 9.47 Å². The maximum Gasteiger partial charge on any atom is 0.111 e. The summed E-state index contributed by atoms with van der Waals surface area (Å²) in [6.07, 6.45) is 1.81. The van der Waals surface area contributed by atoms with Gasteiger partial charge in [-0.3, -0.25) is 5.32 Å². The van der Waals surface area contributed by atoms with E-state index in [-0.39, 0.29) is 18.5 Å². The second kappa shape index (κ2) is 4.01. The smallest absolute Gasteiger partial charge is 0.111 e. The van der Waals surface area contributed by atoms with Crippen LogP contribution in [0.1, 0.15) is 12.8 Å². The van der Waals surface area contributed by atoms with E-state index in [0.29, 0.717) is 0 Å². The molecule has 1 aliphatic heterocycles. The molecule has 1 heterocycles. The predicted molar refractivity (Wildman–Crippen MR) is 41.9 cm³/mol. The fourth-order valence-corrected chi connectivity index (χ4v) is 1.32. The molecule has 0 aromatic carbocycles. The first-order valence-corrected chi connectivity index (χ1v) is 3.83. The lowest BCUT2D eigenvalue weighted by atomic mass is 10.1. The fraction of sp³-hybridized carbons (Fsp3) is 1.00. The molecule has 0 radical (unpaired) electrons. The molecule has 66 valence electrons. The van der Waals surface area contributed by atoms with Crippen LogP contribution >= 0.6 is 0 Å². The Hall–Kier alpha value is -0.160. The van der Waals surface area contributed by atoms with Gasteiger partial charge in [-0.2, -0.15) is 0 Å². The summed E-state index contributed by atoms with van der Waals surface area (Å²) in [5, 5.41) is 3.16. The van der Waals surface area contributed by atoms with Crippen LogP contribution in [0.25, 0.3) is 0 Å². The molecule has 4 nitrogen and oxygen atoms in total. The standard InChI is InChI=1S/C7H16N2O2/c1-10-6-3-5(8)4-7(9-6)11-2/h5-7,9H,3-4,8H2,1-2H3. The van der Waals surface area contributed by atoms with E-state index < -0.39 is 0 Å². The first kappa shape index (κ1) is 8.93. The zero-order chi connectivity index (χ0) is 8.27. The Kier molecular flexibility index (Phi) is 3.26. The van der Waals surface area contributed by atoms with E-state index in [4.69, 9.17) is 15.2 Å². The van der Waals surface area contributed by atoms with Crippen molar-refractivity contribution in [2.24, 2.45) is 5.73 Å². The van der Waals surface area contributed by atoms with Gasteiger partial charge in [-0.15, -0.1) is 0 Å². The Balaban J connectivity index is 2.37. The molecule has 0 amide bonds. The van der Waals surface area contributed by atoms with Gasteiger partial charge in [-0.25, -0.2) is 0 Å². The van der Waals surface area contributed by atoms with Gasteiger partial charge in [0, 0.05) is 33.1 Å². The molecule has 11 heavy (non-hydrogen) atoms. The van der Waals surface area contributed by atoms with Gasteiger partial charge in [-0.1, -0.05) is 0 Å². The van der Waals surface area contributed by atoms with Crippen LogP contribution in [-0.4, -0.2) is 32.7 Å². The molecular weight excluding hydrogens is 144 g/mol. The Morgan fingerprint density at radius 2 is 1.64 bits per heavy atom. The minimum Gasteiger partial charge on any atom is -0.366 e. The third-order valence-electron chi connectivity index (χ3n) is 1.97. The van der Waals surface area contributed by atoms with Crippen molar-refractivity contribution in [2.75, 3.05) is 14.2 Å². The quantitative estimate of drug-likeness (QED) is 0.579. The molecule has 0 aromatic heterocycles. The molecule has 0 aliphatic carbocycles. The summed E-state index contributed by atoms with van der Waals surface area (Å²) in [4.78, 5) is 0. The highest BCUT2D eigenvalue weighted by molar-refractivity contribution is 4.77. The molecule has 0 saturated carbocycles. The molecule has 2 atom stereocenters. The monoisotopic (exact) mass is 160 g/mol. The van der Waals surface area contributed by atoms with Gasteiger partial charge < -0.3 is 15.2 Å². The van der Waals surface area contributed by atoms with Gasteiger partial charge in [0.05, 0.1) is 0 Å². The van der Waals surface area contributed by atoms with E-state index in [0.717, 1.165) is 12.8 Å². The van der Waals surface area contributed by atoms with E-state index >= 15 is 0 Å². The molecule has 3 N–H and O–H groups in total. The van der Waals surface area contributed by atoms with E-state index in [2.05, 4.69) is 5.32 Å². The van der Waals surface area contributed by atoms with Crippen molar-refractivity contribution in [1.82, 2.24) is 5.32 Å². The largest absolute Gasteiger partial charge is 0.366 e. The topological polar surface area (TPSA) is 56.5 Å². The van der Waals surface area contributed by atoms with Gasteiger partial charge in [0.1, 0.15) is 12.5 Å². The highest BCUT2D eigenvalue weighted by Crippen LogP contribution is 2.12. The third kappa shape index (κ3) is 2.41. The number of rotatable bonds is 2. The number of hydrogen-bond acceptors (Lipinski definition) is 4. The second-order valence-corrected chi connectivity index (χ2v) is 2.85. The minimum atomic E-state index is 0.0451. The number of hydrogen-bond donors (Lipinski definition) is 2. The molecule has 1 saturated heterocycles. The molecule has 1 rings (SSSR count). The van der Waals surface area contributed by atoms with Crippen LogP contribution in [0.2, 0.25) is 0 Å². The predicted octanol–water partition coefficient (Wildman–Crippen LogP) is -0.358. The number of nitrogens with one attached hydrogen (secondary N) is 1. The summed E-state index contributed by atoms with van der Waals surface area (Å²) >= 11 is 0. The zero-order valence-electron chi connectivity index (χ0n) is 7.04. The van der Waals surface area contributed by atoms with Crippen molar-refractivity contribution in [3.63, 3.8) is 0 Å². The van der Waals surface area contributed by atoms with Gasteiger partial charge in [0.25, 0.3) is 0 Å². The maximum absolute atomic E-state index is 5.77. The second-order valence-electron chi connectivity index (χ2n) is 2.85. The minimum absolute atomic E-state index is 0.0451. The van der Waals surface area contributed by atoms with Crippen LogP contribution in [0.5, 0.6) is 0 Å². The molecule has 1 fully saturated rings. The van der Waals surface area contributed by atoms with E-state index in [1.54, 1.807) is 14.2 Å². The molecule has 4 heteroatoms. The number of nitrogens with two attached hydrogens (primary N) is 1. The summed E-state index contributed by atoms with van der Waals surface area (Å²) in [7, 11) is 3.34. The van der Waals surface area contributed by atoms with E-state index in [1.165, 1.54) is 0 Å². The van der Waals surface area contributed by atoms with Gasteiger partial charge in [0.2, 0.25) is 0 Å². The average Bonchev–Trinajstić information content (AvgIpc) is 2.03. The Labute approximate surface area is 67.0 Å². The molecule has 1 aliphatic rings. The summed E-state index contributed by atoms with van der Waals surface area (Å²) in [5.74, 6) is 0. The van der Waals surface area contributed by atoms with Crippen molar-refractivity contribution in [3.8, 4) is 0 Å². The summed E-state index contributed by atoms with van der Waals surface area (Å²) in [6, 6.07) is 0.186. The summed E-state index contributed by atoms with van der Waals surface area (Å²) < 4.78 is 10.2. The van der Waals surface area contributed by atoms with Gasteiger partial charge >= 0.3 is 0 Å². The lowest BCUT2D eigenvalue weighted by Crippen LogP contribution is -2.51. The highest BCUT2D eigenvalue weighted by atomic mass is 16.5. The lowest BCUT2D eigenvalue weighted by molar-refractivity contribution is -0.0465. The van der Waals surface area contributed by atoms with Crippen LogP contribution in [0.3, 0.4) is 0 Å². The molecule has 0 bridgehead atoms. The molecule has 2 unspecified atom stereocenters. The van der Waals surface area contributed by atoms with Crippen LogP contribution < -0.4 is 11.1 Å². The maximum atomic E-state index is 5.77. The van der Waals surface area contributed by atoms with Crippen LogP contribution in [0, 0.1) is 0 Å². The summed E-state index contributed by atoms with van der Waals surface area (Å²) in [6.45, 7) is 0. The lowest BCUT2D eigenvalue weighted by Gasteiger charge is -2.32. The normalized spacial score (nSPS) is 39.0. The number of ether oxygens (including phenoxy) is 2. The van der Waals surface area contributed by atoms with Crippen molar-refractivity contribution in [2.45, 2.75) is 31.3 Å². The Bertz CT molecular complexity index is 109. The van der Waals surface area contributed by atoms with Gasteiger partial charge in [0.15, 0.2) is 0 Å². The molecule has 0 aromatic rings. The highest BCUT2D eigenvalue weighted by Gasteiger charge is 2.25. The number of methoxy groups -OCH3 is 2. The SMILES string of the molecule is COC1CC(N)CC(OC)N1. The average molecular weight is 160 g/mol. The van der Waals surface area contributed by atoms with Crippen molar-refractivity contribution < 1.29 is 9.47 Å². The zero-order valence-corrected chi connectivity index (χ0v) is 7.04. The van der Waals surface area contributed by atoms with E-state index in [9.17, 15) is 0 Å². The summed E-state index contributed by atoms with van der Waals surface area (Å²) in [5.41, 5.74) is 5.77. The van der Waals surface area contributed by atoms with Crippen molar-refractivity contribution >= 4 is 0 Å². The molecular formula is C7H16N2O2. The fourth-order valence-electron chi connectivity index (χ4n) is 1.32. The number of piperidine rings is 1. The van der Waals surface area contributed by atoms with E-state index in [1.807, 2.05) is 0 Å². The Morgan fingerprint density at radius 3 is 2.00 bits per heavy atom. The van der Waals surface area contributed by atoms with Crippen LogP contribution in [0.15, 0.2) is 0 Å². The first-order valence-electron chi connectivity index (χ1n) is 3.83. The van der Waals surface area contributed by atoms with Crippen molar-refractivity contribution in [3.05, 3.63) is 0 Å². The van der Waals surface area contributed by atoms with Crippen LogP contribution in [0.4, 0.5) is 0 Å². The van der Waals surface area contributed by atoms with Gasteiger partial charge in [-0.05, 0) is 0 Å². The third-order valence-corrected chi connectivity index (χ3v) is 1.97. The van der Waals surface area contributed by atoms with Crippen molar-refractivity contribution in [1.29, 1.82) is 0 Å². The Morgan fingerprint density at radius 1 is 1.18 bits per heavy atom. The molecule has 0 spiro atoms. The first-order chi connectivity index (χ1) is 5.26.